The van der Waals surface area contributed by atoms with Crippen molar-refractivity contribution < 1.29 is 27.8 Å². The number of aromatic nitrogens is 1. The zero-order valence-corrected chi connectivity index (χ0v) is 8.91. The average molecular weight is 252 g/mol. The maximum atomic E-state index is 12.1. The first-order valence-corrected chi connectivity index (χ1v) is 4.54. The molecule has 17 heavy (non-hydrogen) atoms. The third-order valence-corrected chi connectivity index (χ3v) is 1.95. The molecule has 0 atom stereocenters. The smallest absolute Gasteiger partial charge is 0.481 e. The van der Waals surface area contributed by atoms with Crippen LogP contribution < -0.4 is 15.2 Å². The number of nitrogens with two attached hydrogens (primary N) is 1. The van der Waals surface area contributed by atoms with Crippen LogP contribution in [0, 0.1) is 0 Å². The van der Waals surface area contributed by atoms with E-state index in [1.807, 2.05) is 0 Å². The van der Waals surface area contributed by atoms with E-state index in [9.17, 15) is 13.2 Å². The number of hydrogen-bond donors (Lipinski definition) is 2. The van der Waals surface area contributed by atoms with Gasteiger partial charge in [-0.1, -0.05) is 0 Å². The highest BCUT2D eigenvalue weighted by Crippen LogP contribution is 2.29. The number of ether oxygens (including phenoxy) is 2. The van der Waals surface area contributed by atoms with Gasteiger partial charge < -0.3 is 20.3 Å². The molecule has 0 unspecified atom stereocenters. The van der Waals surface area contributed by atoms with E-state index >= 15 is 0 Å². The molecule has 0 aliphatic heterocycles. The minimum atomic E-state index is -4.88. The normalized spacial score (nSPS) is 11.4. The average Bonchev–Trinajstić information content (AvgIpc) is 2.25. The summed E-state index contributed by atoms with van der Waals surface area (Å²) in [6, 6.07) is 1.30. The summed E-state index contributed by atoms with van der Waals surface area (Å²) in [5.41, 5.74) is 5.47. The number of aliphatic hydroxyl groups is 1. The van der Waals surface area contributed by atoms with Gasteiger partial charge in [0.05, 0.1) is 13.7 Å². The molecule has 1 heterocycles. The van der Waals surface area contributed by atoms with E-state index in [-0.39, 0.29) is 23.6 Å². The van der Waals surface area contributed by atoms with Crippen molar-refractivity contribution in [3.05, 3.63) is 17.2 Å². The van der Waals surface area contributed by atoms with E-state index in [0.29, 0.717) is 0 Å². The molecule has 0 aromatic carbocycles. The van der Waals surface area contributed by atoms with Crippen molar-refractivity contribution in [2.75, 3.05) is 7.11 Å². The topological polar surface area (TPSA) is 77.6 Å². The highest BCUT2D eigenvalue weighted by molar-refractivity contribution is 5.38. The van der Waals surface area contributed by atoms with E-state index in [4.69, 9.17) is 15.6 Å². The van der Waals surface area contributed by atoms with Crippen LogP contribution in [0.15, 0.2) is 6.07 Å². The van der Waals surface area contributed by atoms with Gasteiger partial charge in [-0.15, -0.1) is 13.2 Å². The molecule has 8 heteroatoms. The lowest BCUT2D eigenvalue weighted by atomic mass is 10.1. The first-order chi connectivity index (χ1) is 7.91. The minimum Gasteiger partial charge on any atom is -0.481 e. The molecule has 0 saturated heterocycles. The van der Waals surface area contributed by atoms with E-state index in [2.05, 4.69) is 9.72 Å². The fourth-order valence-corrected chi connectivity index (χ4v) is 1.23. The maximum Gasteiger partial charge on any atom is 0.574 e. The number of nitrogens with zero attached hydrogens (tertiary/aromatic N) is 1. The molecular formula is C9H11F3N2O3. The Hall–Kier alpha value is -1.54. The highest BCUT2D eigenvalue weighted by Gasteiger charge is 2.33. The second kappa shape index (κ2) is 5.19. The minimum absolute atomic E-state index is 0.00868. The molecule has 0 aliphatic carbocycles. The second-order valence-corrected chi connectivity index (χ2v) is 3.02. The van der Waals surface area contributed by atoms with Gasteiger partial charge in [0.15, 0.2) is 0 Å². The van der Waals surface area contributed by atoms with Gasteiger partial charge in [0.1, 0.15) is 0 Å². The van der Waals surface area contributed by atoms with Gasteiger partial charge in [-0.25, -0.2) is 0 Å². The van der Waals surface area contributed by atoms with E-state index in [1.165, 1.54) is 13.2 Å². The fourth-order valence-electron chi connectivity index (χ4n) is 1.23. The summed E-state index contributed by atoms with van der Waals surface area (Å²) >= 11 is 0. The molecule has 0 aliphatic rings. The van der Waals surface area contributed by atoms with Crippen molar-refractivity contribution in [2.24, 2.45) is 5.73 Å². The number of methoxy groups -OCH3 is 1. The molecule has 0 fully saturated rings. The van der Waals surface area contributed by atoms with E-state index < -0.39 is 18.8 Å². The van der Waals surface area contributed by atoms with Crippen LogP contribution in [0.1, 0.15) is 11.1 Å². The standard InChI is InChI=1S/C9H11F3N2O3/c1-16-7-2-5(4-15)6(3-13)8(14-7)17-9(10,11)12/h2,15H,3-4,13H2,1H3. The van der Waals surface area contributed by atoms with Crippen molar-refractivity contribution in [3.8, 4) is 11.8 Å². The molecule has 1 rings (SSSR count). The van der Waals surface area contributed by atoms with Crippen LogP contribution in [0.2, 0.25) is 0 Å². The molecule has 1 aromatic heterocycles. The Morgan fingerprint density at radius 2 is 2.12 bits per heavy atom. The molecule has 1 aromatic rings. The van der Waals surface area contributed by atoms with Crippen LogP contribution in [-0.2, 0) is 13.2 Å². The largest absolute Gasteiger partial charge is 0.574 e. The van der Waals surface area contributed by atoms with Crippen LogP contribution in [-0.4, -0.2) is 23.6 Å². The highest BCUT2D eigenvalue weighted by atomic mass is 19.4. The quantitative estimate of drug-likeness (QED) is 0.833. The molecule has 0 bridgehead atoms. The Morgan fingerprint density at radius 3 is 2.53 bits per heavy atom. The molecule has 0 radical (unpaired) electrons. The van der Waals surface area contributed by atoms with Crippen molar-refractivity contribution in [1.82, 2.24) is 4.98 Å². The van der Waals surface area contributed by atoms with Gasteiger partial charge >= 0.3 is 6.36 Å². The second-order valence-electron chi connectivity index (χ2n) is 3.02. The number of aliphatic hydroxyl groups excluding tert-OH is 1. The van der Waals surface area contributed by atoms with E-state index in [0.717, 1.165) is 0 Å². The van der Waals surface area contributed by atoms with Gasteiger partial charge in [-0.05, 0) is 5.56 Å². The van der Waals surface area contributed by atoms with Crippen LogP contribution in [0.4, 0.5) is 13.2 Å². The third kappa shape index (κ3) is 3.46. The van der Waals surface area contributed by atoms with Gasteiger partial charge in [0, 0.05) is 18.2 Å². The van der Waals surface area contributed by atoms with Crippen LogP contribution in [0.5, 0.6) is 11.8 Å². The molecular weight excluding hydrogens is 241 g/mol. The number of halogens is 3. The van der Waals surface area contributed by atoms with Crippen LogP contribution >= 0.6 is 0 Å². The molecule has 0 saturated carbocycles. The lowest BCUT2D eigenvalue weighted by Crippen LogP contribution is -2.20. The Labute approximate surface area is 95.0 Å². The number of hydrogen-bond acceptors (Lipinski definition) is 5. The van der Waals surface area contributed by atoms with Gasteiger partial charge in [0.25, 0.3) is 0 Å². The van der Waals surface area contributed by atoms with Crippen LogP contribution in [0.25, 0.3) is 0 Å². The van der Waals surface area contributed by atoms with Gasteiger partial charge in [0.2, 0.25) is 11.8 Å². The summed E-state index contributed by atoms with van der Waals surface area (Å²) in [5.74, 6) is -0.797. The summed E-state index contributed by atoms with van der Waals surface area (Å²) in [6.45, 7) is -0.724. The van der Waals surface area contributed by atoms with Crippen molar-refractivity contribution in [2.45, 2.75) is 19.5 Å². The third-order valence-electron chi connectivity index (χ3n) is 1.95. The Bertz CT molecular complexity index is 396. The SMILES string of the molecule is COc1cc(CO)c(CN)c(OC(F)(F)F)n1. The Kier molecular flexibility index (Phi) is 4.13. The molecule has 0 amide bonds. The summed E-state index contributed by atoms with van der Waals surface area (Å²) in [4.78, 5) is 3.50. The Balaban J connectivity index is 3.24. The first kappa shape index (κ1) is 13.5. The lowest BCUT2D eigenvalue weighted by Gasteiger charge is -2.15. The van der Waals surface area contributed by atoms with E-state index in [1.54, 1.807) is 0 Å². The molecule has 3 N–H and O–H groups in total. The zero-order chi connectivity index (χ0) is 13.1. The van der Waals surface area contributed by atoms with Crippen molar-refractivity contribution >= 4 is 0 Å². The van der Waals surface area contributed by atoms with Gasteiger partial charge in [-0.3, -0.25) is 0 Å². The summed E-state index contributed by atoms with van der Waals surface area (Å²) in [7, 11) is 1.24. The number of rotatable bonds is 4. The van der Waals surface area contributed by atoms with Crippen molar-refractivity contribution in [1.29, 1.82) is 0 Å². The predicted molar refractivity (Wildman–Crippen MR) is 51.3 cm³/mol. The maximum absolute atomic E-state index is 12.1. The van der Waals surface area contributed by atoms with Gasteiger partial charge in [-0.2, -0.15) is 4.98 Å². The molecule has 5 nitrogen and oxygen atoms in total. The van der Waals surface area contributed by atoms with Crippen LogP contribution in [0.3, 0.4) is 0 Å². The Morgan fingerprint density at radius 1 is 1.47 bits per heavy atom. The monoisotopic (exact) mass is 252 g/mol. The summed E-state index contributed by atoms with van der Waals surface area (Å²) < 4.78 is 44.8. The number of alkyl halides is 3. The fraction of sp³-hybridized carbons (Fsp3) is 0.444. The summed E-state index contributed by atoms with van der Waals surface area (Å²) in [6.07, 6.45) is -4.88. The lowest BCUT2D eigenvalue weighted by molar-refractivity contribution is -0.276. The molecule has 96 valence electrons. The molecule has 0 spiro atoms. The first-order valence-electron chi connectivity index (χ1n) is 4.54. The zero-order valence-electron chi connectivity index (χ0n) is 8.91. The van der Waals surface area contributed by atoms with Crippen molar-refractivity contribution in [3.63, 3.8) is 0 Å². The number of pyridine rings is 1. The summed E-state index contributed by atoms with van der Waals surface area (Å²) in [5, 5.41) is 9.02. The predicted octanol–water partition coefficient (Wildman–Crippen LogP) is 0.940.